The first kappa shape index (κ1) is 11.3. The number of benzene rings is 1. The second-order valence-electron chi connectivity index (χ2n) is 2.96. The summed E-state index contributed by atoms with van der Waals surface area (Å²) in [5, 5.41) is 8.57. The van der Waals surface area contributed by atoms with Gasteiger partial charge in [0.1, 0.15) is 5.82 Å². The molecule has 0 unspecified atom stereocenters. The van der Waals surface area contributed by atoms with E-state index in [4.69, 9.17) is 10.8 Å². The average Bonchev–Trinajstić information content (AvgIpc) is 2.15. The zero-order chi connectivity index (χ0) is 10.4. The highest BCUT2D eigenvalue weighted by atomic mass is 32.2. The minimum absolute atomic E-state index is 0.222. The first-order chi connectivity index (χ1) is 6.74. The molecule has 0 aliphatic carbocycles. The van der Waals surface area contributed by atoms with E-state index in [1.54, 1.807) is 17.8 Å². The van der Waals surface area contributed by atoms with Crippen LogP contribution in [0.4, 0.5) is 10.1 Å². The molecule has 2 nitrogen and oxygen atoms in total. The minimum Gasteiger partial charge on any atom is -0.398 e. The number of hydrogen-bond donors (Lipinski definition) is 2. The molecule has 0 aliphatic heterocycles. The monoisotopic (exact) mass is 215 g/mol. The Bertz CT molecular complexity index is 293. The van der Waals surface area contributed by atoms with Crippen molar-refractivity contribution >= 4 is 17.4 Å². The van der Waals surface area contributed by atoms with Gasteiger partial charge in [0.2, 0.25) is 0 Å². The van der Waals surface area contributed by atoms with Crippen molar-refractivity contribution in [2.24, 2.45) is 0 Å². The minimum atomic E-state index is -0.304. The lowest BCUT2D eigenvalue weighted by atomic mass is 10.3. The van der Waals surface area contributed by atoms with Crippen LogP contribution in [0.2, 0.25) is 0 Å². The van der Waals surface area contributed by atoms with Gasteiger partial charge >= 0.3 is 0 Å². The highest BCUT2D eigenvalue weighted by Crippen LogP contribution is 2.26. The predicted octanol–water partition coefficient (Wildman–Crippen LogP) is 2.27. The van der Waals surface area contributed by atoms with Crippen molar-refractivity contribution in [3.63, 3.8) is 0 Å². The molecule has 0 saturated heterocycles. The molecule has 3 N–H and O–H groups in total. The molecule has 0 spiro atoms. The number of hydrogen-bond acceptors (Lipinski definition) is 3. The topological polar surface area (TPSA) is 46.2 Å². The van der Waals surface area contributed by atoms with Crippen molar-refractivity contribution in [2.45, 2.75) is 17.7 Å². The normalized spacial score (nSPS) is 10.4. The van der Waals surface area contributed by atoms with Gasteiger partial charge in [-0.05, 0) is 36.8 Å². The summed E-state index contributed by atoms with van der Waals surface area (Å²) in [7, 11) is 0. The van der Waals surface area contributed by atoms with E-state index in [1.165, 1.54) is 12.1 Å². The van der Waals surface area contributed by atoms with E-state index in [0.29, 0.717) is 5.69 Å². The number of rotatable bonds is 5. The molecule has 0 radical (unpaired) electrons. The number of anilines is 1. The molecule has 0 bridgehead atoms. The molecule has 14 heavy (non-hydrogen) atoms. The van der Waals surface area contributed by atoms with Crippen molar-refractivity contribution in [1.29, 1.82) is 0 Å². The number of nitrogen functional groups attached to an aromatic ring is 1. The molecule has 0 aromatic heterocycles. The summed E-state index contributed by atoms with van der Waals surface area (Å²) in [5.41, 5.74) is 6.11. The number of aliphatic hydroxyl groups excluding tert-OH is 1. The third-order valence-corrected chi connectivity index (χ3v) is 2.96. The molecule has 0 aliphatic rings. The maximum atomic E-state index is 12.7. The van der Waals surface area contributed by atoms with E-state index in [0.717, 1.165) is 23.5 Å². The molecular weight excluding hydrogens is 201 g/mol. The van der Waals surface area contributed by atoms with Crippen LogP contribution in [0.25, 0.3) is 0 Å². The van der Waals surface area contributed by atoms with E-state index in [1.807, 2.05) is 0 Å². The van der Waals surface area contributed by atoms with E-state index in [-0.39, 0.29) is 12.4 Å². The predicted molar refractivity (Wildman–Crippen MR) is 57.9 cm³/mol. The number of unbranched alkanes of at least 4 members (excludes halogenated alkanes) is 1. The van der Waals surface area contributed by atoms with Gasteiger partial charge < -0.3 is 10.8 Å². The second kappa shape index (κ2) is 5.88. The van der Waals surface area contributed by atoms with E-state index >= 15 is 0 Å². The van der Waals surface area contributed by atoms with Crippen molar-refractivity contribution in [2.75, 3.05) is 18.1 Å². The summed E-state index contributed by atoms with van der Waals surface area (Å²) in [5.74, 6) is 0.596. The molecule has 0 atom stereocenters. The molecule has 1 aromatic rings. The van der Waals surface area contributed by atoms with Crippen molar-refractivity contribution in [3.8, 4) is 0 Å². The summed E-state index contributed by atoms with van der Waals surface area (Å²) >= 11 is 1.59. The van der Waals surface area contributed by atoms with Gasteiger partial charge in [-0.1, -0.05) is 0 Å². The van der Waals surface area contributed by atoms with Crippen molar-refractivity contribution < 1.29 is 9.50 Å². The van der Waals surface area contributed by atoms with Crippen LogP contribution in [0.15, 0.2) is 23.1 Å². The lowest BCUT2D eigenvalue weighted by Gasteiger charge is -2.04. The van der Waals surface area contributed by atoms with Gasteiger partial charge in [-0.2, -0.15) is 0 Å². The Morgan fingerprint density at radius 1 is 1.36 bits per heavy atom. The van der Waals surface area contributed by atoms with Crippen molar-refractivity contribution in [3.05, 3.63) is 24.0 Å². The van der Waals surface area contributed by atoms with Gasteiger partial charge in [0, 0.05) is 17.2 Å². The second-order valence-corrected chi connectivity index (χ2v) is 4.10. The Balaban J connectivity index is 2.42. The van der Waals surface area contributed by atoms with Gasteiger partial charge in [0.25, 0.3) is 0 Å². The van der Waals surface area contributed by atoms with Gasteiger partial charge in [-0.15, -0.1) is 11.8 Å². The number of thioether (sulfide) groups is 1. The van der Waals surface area contributed by atoms with Crippen LogP contribution >= 0.6 is 11.8 Å². The maximum absolute atomic E-state index is 12.7. The SMILES string of the molecule is Nc1cc(F)ccc1SCCCCO. The summed E-state index contributed by atoms with van der Waals surface area (Å²) in [4.78, 5) is 0.907. The van der Waals surface area contributed by atoms with Crippen LogP contribution < -0.4 is 5.73 Å². The summed E-state index contributed by atoms with van der Waals surface area (Å²) < 4.78 is 12.7. The fraction of sp³-hybridized carbons (Fsp3) is 0.400. The zero-order valence-corrected chi connectivity index (χ0v) is 8.69. The average molecular weight is 215 g/mol. The molecule has 78 valence electrons. The molecule has 4 heteroatoms. The summed E-state index contributed by atoms with van der Waals surface area (Å²) in [6, 6.07) is 4.42. The third kappa shape index (κ3) is 3.55. The summed E-state index contributed by atoms with van der Waals surface area (Å²) in [6.07, 6.45) is 1.74. The van der Waals surface area contributed by atoms with Crippen LogP contribution in [0.1, 0.15) is 12.8 Å². The quantitative estimate of drug-likeness (QED) is 0.450. The number of nitrogens with two attached hydrogens (primary N) is 1. The van der Waals surface area contributed by atoms with Crippen LogP contribution in [-0.4, -0.2) is 17.5 Å². The Labute approximate surface area is 87.3 Å². The molecule has 1 rings (SSSR count). The largest absolute Gasteiger partial charge is 0.398 e. The van der Waals surface area contributed by atoms with Crippen LogP contribution in [0, 0.1) is 5.82 Å². The third-order valence-electron chi connectivity index (χ3n) is 1.78. The van der Waals surface area contributed by atoms with E-state index in [9.17, 15) is 4.39 Å². The Morgan fingerprint density at radius 2 is 2.14 bits per heavy atom. The number of halogens is 1. The van der Waals surface area contributed by atoms with E-state index < -0.39 is 0 Å². The van der Waals surface area contributed by atoms with Gasteiger partial charge in [-0.3, -0.25) is 0 Å². The first-order valence-corrected chi connectivity index (χ1v) is 5.51. The molecule has 0 fully saturated rings. The van der Waals surface area contributed by atoms with Crippen LogP contribution in [0.3, 0.4) is 0 Å². The van der Waals surface area contributed by atoms with Crippen molar-refractivity contribution in [1.82, 2.24) is 0 Å². The molecule has 0 saturated carbocycles. The number of aliphatic hydroxyl groups is 1. The molecule has 0 heterocycles. The zero-order valence-electron chi connectivity index (χ0n) is 7.87. The molecule has 0 amide bonds. The van der Waals surface area contributed by atoms with E-state index in [2.05, 4.69) is 0 Å². The lowest BCUT2D eigenvalue weighted by molar-refractivity contribution is 0.287. The fourth-order valence-corrected chi connectivity index (χ4v) is 2.00. The first-order valence-electron chi connectivity index (χ1n) is 4.52. The smallest absolute Gasteiger partial charge is 0.125 e. The Hall–Kier alpha value is -0.740. The maximum Gasteiger partial charge on any atom is 0.125 e. The van der Waals surface area contributed by atoms with Gasteiger partial charge in [0.05, 0.1) is 0 Å². The summed E-state index contributed by atoms with van der Waals surface area (Å²) in [6.45, 7) is 0.222. The molecule has 1 aromatic carbocycles. The highest BCUT2D eigenvalue weighted by Gasteiger charge is 2.00. The fourth-order valence-electron chi connectivity index (χ4n) is 1.05. The standard InChI is InChI=1S/C10H14FNOS/c11-8-3-4-10(9(12)7-8)14-6-2-1-5-13/h3-4,7,13H,1-2,5-6,12H2. The lowest BCUT2D eigenvalue weighted by Crippen LogP contribution is -1.91. The van der Waals surface area contributed by atoms with Crippen LogP contribution in [0.5, 0.6) is 0 Å². The molecular formula is C10H14FNOS. The Kier molecular flexibility index (Phi) is 4.76. The highest BCUT2D eigenvalue weighted by molar-refractivity contribution is 7.99. The van der Waals surface area contributed by atoms with Crippen LogP contribution in [-0.2, 0) is 0 Å². The van der Waals surface area contributed by atoms with Gasteiger partial charge in [-0.25, -0.2) is 4.39 Å². The van der Waals surface area contributed by atoms with Gasteiger partial charge in [0.15, 0.2) is 0 Å². The Morgan fingerprint density at radius 3 is 2.79 bits per heavy atom.